The number of hydrogen-bond acceptors (Lipinski definition) is 1. The fourth-order valence-corrected chi connectivity index (χ4v) is 1.68. The number of aryl methyl sites for hydroxylation is 1. The maximum atomic E-state index is 12.7. The fourth-order valence-electron chi connectivity index (χ4n) is 1.48. The van der Waals surface area contributed by atoms with Gasteiger partial charge in [-0.15, -0.1) is 0 Å². The molecule has 0 saturated heterocycles. The molecule has 1 heterocycles. The number of nitrogens with zero attached hydrogens (tertiary/aromatic N) is 1. The van der Waals surface area contributed by atoms with Gasteiger partial charge in [-0.2, -0.15) is 0 Å². The maximum Gasteiger partial charge on any atom is 0.200 e. The molecule has 0 atom stereocenters. The van der Waals surface area contributed by atoms with Crippen LogP contribution in [-0.4, -0.2) is 9.97 Å². The van der Waals surface area contributed by atoms with Crippen LogP contribution in [0.1, 0.15) is 12.6 Å². The van der Waals surface area contributed by atoms with Gasteiger partial charge in [0.15, 0.2) is 0 Å². The van der Waals surface area contributed by atoms with Crippen LogP contribution in [0.4, 0.5) is 4.39 Å². The lowest BCUT2D eigenvalue weighted by molar-refractivity contribution is 0.628. The highest BCUT2D eigenvalue weighted by Crippen LogP contribution is 2.23. The summed E-state index contributed by atoms with van der Waals surface area (Å²) in [6.07, 6.45) is 0.812. The molecule has 0 aliphatic rings. The molecule has 0 aliphatic carbocycles. The van der Waals surface area contributed by atoms with Gasteiger partial charge in [-0.1, -0.05) is 6.92 Å². The van der Waals surface area contributed by atoms with Gasteiger partial charge < -0.3 is 4.98 Å². The van der Waals surface area contributed by atoms with E-state index in [1.807, 2.05) is 6.92 Å². The van der Waals surface area contributed by atoms with Crippen LogP contribution in [0.3, 0.4) is 0 Å². The third-order valence-corrected chi connectivity index (χ3v) is 2.40. The van der Waals surface area contributed by atoms with Gasteiger partial charge in [-0.05, 0) is 42.3 Å². The van der Waals surface area contributed by atoms with E-state index in [4.69, 9.17) is 11.6 Å². The topological polar surface area (TPSA) is 28.7 Å². The molecule has 0 saturated carbocycles. The van der Waals surface area contributed by atoms with E-state index in [9.17, 15) is 4.39 Å². The zero-order chi connectivity index (χ0) is 10.8. The predicted octanol–water partition coefficient (Wildman–Crippen LogP) is 3.43. The van der Waals surface area contributed by atoms with E-state index in [0.29, 0.717) is 5.28 Å². The molecule has 0 fully saturated rings. The highest BCUT2D eigenvalue weighted by Gasteiger charge is 2.09. The first kappa shape index (κ1) is 10.2. The molecule has 2 nitrogen and oxygen atoms in total. The van der Waals surface area contributed by atoms with Gasteiger partial charge in [0, 0.05) is 11.3 Å². The van der Waals surface area contributed by atoms with Crippen molar-refractivity contribution < 1.29 is 4.39 Å². The average Bonchev–Trinajstić information content (AvgIpc) is 2.61. The van der Waals surface area contributed by atoms with Crippen LogP contribution >= 0.6 is 11.6 Å². The largest absolute Gasteiger partial charge is 0.332 e. The summed E-state index contributed by atoms with van der Waals surface area (Å²) in [5.41, 5.74) is 2.63. The van der Waals surface area contributed by atoms with Crippen molar-refractivity contribution in [2.75, 3.05) is 0 Å². The number of hydrogen-bond donors (Lipinski definition) is 1. The van der Waals surface area contributed by atoms with Crippen LogP contribution < -0.4 is 0 Å². The van der Waals surface area contributed by atoms with Gasteiger partial charge >= 0.3 is 0 Å². The SMILES string of the molecule is CCc1[nH]c(Cl)nc1-c1ccc(F)cc1. The van der Waals surface area contributed by atoms with Crippen molar-refractivity contribution in [1.82, 2.24) is 9.97 Å². The van der Waals surface area contributed by atoms with Gasteiger partial charge in [0.25, 0.3) is 0 Å². The number of aromatic amines is 1. The predicted molar refractivity (Wildman–Crippen MR) is 58.4 cm³/mol. The van der Waals surface area contributed by atoms with Crippen molar-refractivity contribution in [3.05, 3.63) is 41.1 Å². The first-order valence-electron chi connectivity index (χ1n) is 4.71. The van der Waals surface area contributed by atoms with Gasteiger partial charge in [0.05, 0.1) is 5.69 Å². The number of benzene rings is 1. The molecule has 0 unspecified atom stereocenters. The Morgan fingerprint density at radius 3 is 2.60 bits per heavy atom. The van der Waals surface area contributed by atoms with E-state index in [-0.39, 0.29) is 5.82 Å². The van der Waals surface area contributed by atoms with Crippen molar-refractivity contribution >= 4 is 11.6 Å². The fraction of sp³-hybridized carbons (Fsp3) is 0.182. The summed E-state index contributed by atoms with van der Waals surface area (Å²) >= 11 is 5.78. The van der Waals surface area contributed by atoms with Crippen molar-refractivity contribution in [3.63, 3.8) is 0 Å². The monoisotopic (exact) mass is 224 g/mol. The maximum absolute atomic E-state index is 12.7. The van der Waals surface area contributed by atoms with Crippen LogP contribution in [0, 0.1) is 5.82 Å². The summed E-state index contributed by atoms with van der Waals surface area (Å²) < 4.78 is 12.7. The smallest absolute Gasteiger partial charge is 0.200 e. The molecule has 15 heavy (non-hydrogen) atoms. The number of halogens is 2. The molecule has 0 amide bonds. The molecule has 1 aromatic carbocycles. The van der Waals surface area contributed by atoms with Gasteiger partial charge in [-0.25, -0.2) is 9.37 Å². The molecular weight excluding hydrogens is 215 g/mol. The van der Waals surface area contributed by atoms with Crippen molar-refractivity contribution in [1.29, 1.82) is 0 Å². The quantitative estimate of drug-likeness (QED) is 0.832. The molecule has 2 rings (SSSR count). The van der Waals surface area contributed by atoms with E-state index >= 15 is 0 Å². The summed E-state index contributed by atoms with van der Waals surface area (Å²) in [7, 11) is 0. The van der Waals surface area contributed by atoms with Crippen LogP contribution in [-0.2, 0) is 6.42 Å². The molecule has 0 radical (unpaired) electrons. The van der Waals surface area contributed by atoms with Gasteiger partial charge in [0.2, 0.25) is 5.28 Å². The minimum atomic E-state index is -0.251. The van der Waals surface area contributed by atoms with Crippen molar-refractivity contribution in [2.24, 2.45) is 0 Å². The third-order valence-electron chi connectivity index (χ3n) is 2.22. The highest BCUT2D eigenvalue weighted by molar-refractivity contribution is 6.28. The number of H-pyrrole nitrogens is 1. The summed E-state index contributed by atoms with van der Waals surface area (Å²) in [4.78, 5) is 7.14. The number of rotatable bonds is 2. The Labute approximate surface area is 92.1 Å². The lowest BCUT2D eigenvalue weighted by Crippen LogP contribution is -1.86. The average molecular weight is 225 g/mol. The molecular formula is C11H10ClFN2. The second-order valence-electron chi connectivity index (χ2n) is 3.22. The summed E-state index contributed by atoms with van der Waals surface area (Å²) in [6, 6.07) is 6.22. The Morgan fingerprint density at radius 1 is 1.33 bits per heavy atom. The molecule has 78 valence electrons. The Morgan fingerprint density at radius 2 is 2.00 bits per heavy atom. The Kier molecular flexibility index (Phi) is 2.73. The summed E-state index contributed by atoms with van der Waals surface area (Å²) in [6.45, 7) is 2.01. The molecule has 0 bridgehead atoms. The van der Waals surface area contributed by atoms with E-state index in [1.165, 1.54) is 12.1 Å². The molecule has 4 heteroatoms. The van der Waals surface area contributed by atoms with Crippen LogP contribution in [0.2, 0.25) is 5.28 Å². The zero-order valence-electron chi connectivity index (χ0n) is 8.22. The minimum Gasteiger partial charge on any atom is -0.332 e. The van der Waals surface area contributed by atoms with Crippen molar-refractivity contribution in [2.45, 2.75) is 13.3 Å². The minimum absolute atomic E-state index is 0.251. The van der Waals surface area contributed by atoms with Crippen molar-refractivity contribution in [3.8, 4) is 11.3 Å². The number of imidazole rings is 1. The van der Waals surface area contributed by atoms with E-state index < -0.39 is 0 Å². The molecule has 1 N–H and O–H groups in total. The summed E-state index contributed by atoms with van der Waals surface area (Å²) in [5, 5.41) is 0.367. The van der Waals surface area contributed by atoms with Gasteiger partial charge in [0.1, 0.15) is 5.82 Å². The third kappa shape index (κ3) is 2.02. The molecule has 2 aromatic rings. The lowest BCUT2D eigenvalue weighted by Gasteiger charge is -1.99. The number of aromatic nitrogens is 2. The summed E-state index contributed by atoms with van der Waals surface area (Å²) in [5.74, 6) is -0.251. The Hall–Kier alpha value is -1.35. The molecule has 1 aromatic heterocycles. The second-order valence-corrected chi connectivity index (χ2v) is 3.57. The normalized spacial score (nSPS) is 10.6. The van der Waals surface area contributed by atoms with Crippen LogP contribution in [0.25, 0.3) is 11.3 Å². The highest BCUT2D eigenvalue weighted by atomic mass is 35.5. The first-order valence-corrected chi connectivity index (χ1v) is 5.09. The van der Waals surface area contributed by atoms with Crippen LogP contribution in [0.5, 0.6) is 0 Å². The number of nitrogens with one attached hydrogen (secondary N) is 1. The Bertz CT molecular complexity index is 462. The lowest BCUT2D eigenvalue weighted by atomic mass is 10.1. The standard InChI is InChI=1S/C11H10ClFN2/c1-2-9-10(15-11(12)14-9)7-3-5-8(13)6-4-7/h3-6H,2H2,1H3,(H,14,15). The molecule has 0 spiro atoms. The first-order chi connectivity index (χ1) is 7.20. The van der Waals surface area contributed by atoms with Crippen LogP contribution in [0.15, 0.2) is 24.3 Å². The zero-order valence-corrected chi connectivity index (χ0v) is 8.98. The van der Waals surface area contributed by atoms with E-state index in [0.717, 1.165) is 23.4 Å². The molecule has 0 aliphatic heterocycles. The van der Waals surface area contributed by atoms with Gasteiger partial charge in [-0.3, -0.25) is 0 Å². The Balaban J connectivity index is 2.48. The van der Waals surface area contributed by atoms with E-state index in [1.54, 1.807) is 12.1 Å². The second kappa shape index (κ2) is 4.03. The van der Waals surface area contributed by atoms with E-state index in [2.05, 4.69) is 9.97 Å².